The zero-order valence-electron chi connectivity index (χ0n) is 56.3. The molecule has 0 saturated heterocycles. The summed E-state index contributed by atoms with van der Waals surface area (Å²) in [5, 5.41) is 11.8. The number of hydrogen-bond donors (Lipinski definition) is 0. The quantitative estimate of drug-likeness (QED) is 0.0195. The van der Waals surface area contributed by atoms with Crippen molar-refractivity contribution in [1.29, 1.82) is 0 Å². The first-order valence-corrected chi connectivity index (χ1v) is 36.3. The Kier molecular flexibility index (Phi) is 64.0. The van der Waals surface area contributed by atoms with E-state index in [2.05, 4.69) is 62.5 Å². The molecule has 0 bridgehead atoms. The van der Waals surface area contributed by atoms with Crippen molar-refractivity contribution in [3.63, 3.8) is 0 Å². The van der Waals surface area contributed by atoms with Crippen LogP contribution in [0.4, 0.5) is 0 Å². The van der Waals surface area contributed by atoms with Crippen molar-refractivity contribution >= 4 is 17.9 Å². The lowest BCUT2D eigenvalue weighted by Crippen LogP contribution is -2.44. The lowest BCUT2D eigenvalue weighted by Gasteiger charge is -2.26. The van der Waals surface area contributed by atoms with Crippen molar-refractivity contribution in [3.05, 3.63) is 48.6 Å². The largest absolute Gasteiger partial charge is 0.545 e. The molecule has 0 aliphatic rings. The Morgan fingerprint density at radius 1 is 0.357 bits per heavy atom. The number of carboxylic acid groups (broad SMARTS) is 1. The van der Waals surface area contributed by atoms with E-state index >= 15 is 0 Å². The van der Waals surface area contributed by atoms with Gasteiger partial charge >= 0.3 is 11.9 Å². The highest BCUT2D eigenvalue weighted by molar-refractivity contribution is 5.70. The first-order chi connectivity index (χ1) is 41.1. The van der Waals surface area contributed by atoms with Gasteiger partial charge in [0.05, 0.1) is 40.3 Å². The second-order valence-electron chi connectivity index (χ2n) is 25.9. The highest BCUT2D eigenvalue weighted by Crippen LogP contribution is 2.19. The SMILES string of the molecule is CCCCCC/C=C\C/C=C\CCCCCCCCCC(=O)OCC(COC(OCC[N+](C)(C)C)C(=O)[O-])OC(=O)CCCCCCCCCCCCCCCCCCCCCCCCCCCCCCC/C=C\C/C=C\CCCCCCC. The molecule has 0 radical (unpaired) electrons. The number of ether oxygens (including phenoxy) is 4. The zero-order chi connectivity index (χ0) is 61.2. The molecular formula is C75H139NO8. The molecule has 84 heavy (non-hydrogen) atoms. The molecule has 2 unspecified atom stereocenters. The standard InChI is InChI=1S/C75H139NO8/c1-6-8-10-12-14-16-18-20-22-24-26-27-28-29-30-31-32-33-34-35-36-37-38-39-40-41-42-43-44-45-46-47-48-50-52-54-56-58-60-62-64-66-73(78)84-71(70-83-75(74(79)80)81-68-67-76(3,4)5)69-82-72(77)65-63-61-59-57-55-53-51-49-25-23-21-19-17-15-13-11-9-7-2/h17-20,23-26,71,75H,6-16,21-22,27-70H2,1-5H3/b19-17-,20-18-,25-23-,26-24-. The van der Waals surface area contributed by atoms with Gasteiger partial charge in [0.25, 0.3) is 0 Å². The molecule has 0 fully saturated rings. The van der Waals surface area contributed by atoms with Crippen LogP contribution in [0.2, 0.25) is 0 Å². The van der Waals surface area contributed by atoms with Gasteiger partial charge in [-0.1, -0.05) is 313 Å². The smallest absolute Gasteiger partial charge is 0.306 e. The minimum Gasteiger partial charge on any atom is -0.545 e. The summed E-state index contributed by atoms with van der Waals surface area (Å²) in [5.74, 6) is -2.27. The van der Waals surface area contributed by atoms with E-state index in [4.69, 9.17) is 18.9 Å². The monoisotopic (exact) mass is 1180 g/mol. The number of carboxylic acids is 1. The number of likely N-dealkylation sites (N-methyl/N-ethyl adjacent to an activating group) is 1. The Hall–Kier alpha value is -2.75. The molecule has 0 aromatic carbocycles. The van der Waals surface area contributed by atoms with E-state index < -0.39 is 24.3 Å². The number of allylic oxidation sites excluding steroid dienone is 8. The van der Waals surface area contributed by atoms with E-state index in [0.29, 0.717) is 17.4 Å². The third-order valence-electron chi connectivity index (χ3n) is 16.3. The summed E-state index contributed by atoms with van der Waals surface area (Å²) in [6.07, 6.45) is 82.2. The molecule has 9 nitrogen and oxygen atoms in total. The van der Waals surface area contributed by atoms with E-state index in [1.807, 2.05) is 21.1 Å². The maximum atomic E-state index is 12.9. The van der Waals surface area contributed by atoms with Gasteiger partial charge in [-0.15, -0.1) is 0 Å². The zero-order valence-corrected chi connectivity index (χ0v) is 56.3. The predicted molar refractivity (Wildman–Crippen MR) is 357 cm³/mol. The van der Waals surface area contributed by atoms with Crippen LogP contribution in [0, 0.1) is 0 Å². The predicted octanol–water partition coefficient (Wildman–Crippen LogP) is 21.2. The lowest BCUT2D eigenvalue weighted by molar-refractivity contribution is -0.870. The number of carbonyl (C=O) groups excluding carboxylic acids is 3. The van der Waals surface area contributed by atoms with Gasteiger partial charge in [0.15, 0.2) is 12.4 Å². The molecular weight excluding hydrogens is 1040 g/mol. The van der Waals surface area contributed by atoms with Crippen molar-refractivity contribution in [1.82, 2.24) is 0 Å². The fourth-order valence-corrected chi connectivity index (χ4v) is 10.7. The van der Waals surface area contributed by atoms with Crippen LogP contribution in [-0.2, 0) is 33.3 Å². The van der Waals surface area contributed by atoms with E-state index in [0.717, 1.165) is 57.8 Å². The Balaban J connectivity index is 3.93. The second-order valence-corrected chi connectivity index (χ2v) is 25.9. The van der Waals surface area contributed by atoms with Crippen LogP contribution in [0.5, 0.6) is 0 Å². The van der Waals surface area contributed by atoms with Crippen LogP contribution in [-0.4, -0.2) is 82.3 Å². The number of aliphatic carboxylic acids is 1. The molecule has 2 atom stereocenters. The number of carbonyl (C=O) groups is 3. The average molecular weight is 1180 g/mol. The summed E-state index contributed by atoms with van der Waals surface area (Å²) in [6.45, 7) is 4.76. The number of hydrogen-bond acceptors (Lipinski definition) is 8. The molecule has 9 heteroatoms. The van der Waals surface area contributed by atoms with E-state index in [9.17, 15) is 19.5 Å². The molecule has 0 saturated carbocycles. The number of rotatable bonds is 68. The van der Waals surface area contributed by atoms with Crippen molar-refractivity contribution in [2.24, 2.45) is 0 Å². The molecule has 492 valence electrons. The third kappa shape index (κ3) is 66.8. The fraction of sp³-hybridized carbons (Fsp3) is 0.853. The van der Waals surface area contributed by atoms with Gasteiger partial charge in [0, 0.05) is 12.8 Å². The van der Waals surface area contributed by atoms with E-state index in [1.54, 1.807) is 0 Å². The Bertz CT molecular complexity index is 1520. The van der Waals surface area contributed by atoms with Gasteiger partial charge in [-0.3, -0.25) is 9.59 Å². The highest BCUT2D eigenvalue weighted by atomic mass is 16.7. The maximum absolute atomic E-state index is 12.9. The summed E-state index contributed by atoms with van der Waals surface area (Å²) >= 11 is 0. The van der Waals surface area contributed by atoms with Gasteiger partial charge in [0.1, 0.15) is 13.2 Å². The Morgan fingerprint density at radius 2 is 0.643 bits per heavy atom. The first kappa shape index (κ1) is 81.2. The minimum atomic E-state index is -1.62. The fourth-order valence-electron chi connectivity index (χ4n) is 10.7. The number of quaternary nitrogens is 1. The summed E-state index contributed by atoms with van der Waals surface area (Å²) in [7, 11) is 5.94. The van der Waals surface area contributed by atoms with E-state index in [1.165, 1.54) is 263 Å². The van der Waals surface area contributed by atoms with Crippen molar-refractivity contribution in [2.75, 3.05) is 47.5 Å². The van der Waals surface area contributed by atoms with Crippen molar-refractivity contribution < 1.29 is 42.9 Å². The Labute approximate surface area is 521 Å². The first-order valence-electron chi connectivity index (χ1n) is 36.3. The van der Waals surface area contributed by atoms with Crippen LogP contribution in [0.15, 0.2) is 48.6 Å². The van der Waals surface area contributed by atoms with Gasteiger partial charge in [-0.2, -0.15) is 0 Å². The number of nitrogens with zero attached hydrogens (tertiary/aromatic N) is 1. The number of esters is 2. The van der Waals surface area contributed by atoms with Gasteiger partial charge < -0.3 is 33.3 Å². The molecule has 0 rings (SSSR count). The molecule has 0 heterocycles. The normalized spacial score (nSPS) is 12.9. The van der Waals surface area contributed by atoms with Crippen molar-refractivity contribution in [3.8, 4) is 0 Å². The molecule has 0 spiro atoms. The molecule has 0 N–H and O–H groups in total. The molecule has 0 aliphatic heterocycles. The lowest BCUT2D eigenvalue weighted by atomic mass is 10.0. The van der Waals surface area contributed by atoms with Crippen LogP contribution in [0.25, 0.3) is 0 Å². The summed E-state index contributed by atoms with van der Waals surface area (Å²) in [5.41, 5.74) is 0. The van der Waals surface area contributed by atoms with Crippen LogP contribution >= 0.6 is 0 Å². The summed E-state index contributed by atoms with van der Waals surface area (Å²) in [6, 6.07) is 0. The molecule has 0 aromatic heterocycles. The molecule has 0 aliphatic carbocycles. The van der Waals surface area contributed by atoms with Gasteiger partial charge in [-0.25, -0.2) is 0 Å². The summed E-state index contributed by atoms with van der Waals surface area (Å²) in [4.78, 5) is 37.4. The van der Waals surface area contributed by atoms with Crippen LogP contribution in [0.1, 0.15) is 354 Å². The van der Waals surface area contributed by atoms with E-state index in [-0.39, 0.29) is 38.6 Å². The summed E-state index contributed by atoms with van der Waals surface area (Å²) < 4.78 is 22.8. The third-order valence-corrected chi connectivity index (χ3v) is 16.3. The van der Waals surface area contributed by atoms with Gasteiger partial charge in [-0.05, 0) is 77.0 Å². The van der Waals surface area contributed by atoms with Gasteiger partial charge in [0.2, 0.25) is 0 Å². The maximum Gasteiger partial charge on any atom is 0.306 e. The topological polar surface area (TPSA) is 111 Å². The molecule has 0 amide bonds. The van der Waals surface area contributed by atoms with Crippen molar-refractivity contribution in [2.45, 2.75) is 367 Å². The van der Waals surface area contributed by atoms with Crippen LogP contribution < -0.4 is 5.11 Å². The number of unbranched alkanes of at least 4 members (excludes halogenated alkanes) is 45. The second kappa shape index (κ2) is 66.2. The Morgan fingerprint density at radius 3 is 0.952 bits per heavy atom. The van der Waals surface area contributed by atoms with Crippen LogP contribution in [0.3, 0.4) is 0 Å². The highest BCUT2D eigenvalue weighted by Gasteiger charge is 2.22. The molecule has 0 aromatic rings. The minimum absolute atomic E-state index is 0.148. The average Bonchev–Trinajstić information content (AvgIpc) is 3.54.